The normalized spacial score (nSPS) is 11.4. The number of hydrogen-bond acceptors (Lipinski definition) is 5. The van der Waals surface area contributed by atoms with Crippen LogP contribution in [0.2, 0.25) is 0 Å². The van der Waals surface area contributed by atoms with Crippen LogP contribution in [0.1, 0.15) is 15.9 Å². The summed E-state index contributed by atoms with van der Waals surface area (Å²) in [6.07, 6.45) is -4.75. The van der Waals surface area contributed by atoms with Crippen molar-refractivity contribution in [1.29, 1.82) is 0 Å². The van der Waals surface area contributed by atoms with Gasteiger partial charge in [-0.05, 0) is 42.5 Å². The van der Waals surface area contributed by atoms with Crippen LogP contribution in [0.5, 0.6) is 17.2 Å². The molecule has 4 aromatic rings. The Morgan fingerprint density at radius 2 is 1.42 bits per heavy atom. The van der Waals surface area contributed by atoms with E-state index in [1.54, 1.807) is 24.3 Å². The molecule has 36 heavy (non-hydrogen) atoms. The summed E-state index contributed by atoms with van der Waals surface area (Å²) in [6.45, 7) is 0. The number of alkyl halides is 3. The number of rotatable bonds is 5. The summed E-state index contributed by atoms with van der Waals surface area (Å²) in [7, 11) is 4.28. The highest BCUT2D eigenvalue weighted by molar-refractivity contribution is 6.07. The molecule has 4 rings (SSSR count). The number of benzene rings is 3. The first-order valence-electron chi connectivity index (χ1n) is 10.5. The zero-order valence-electron chi connectivity index (χ0n) is 19.3. The molecule has 0 aliphatic carbocycles. The standard InChI is InChI=1S/C25H20F3N3O5/c1-30-19-12-18(29-22(32)16-6-4-5-7-17(16)25(26,27)28)21(13-20(19)31(2)24(34)23(30)33)36-15-10-8-14(35-3)9-11-15/h4-13H,1-3H3,(H,29,32). The van der Waals surface area contributed by atoms with Crippen LogP contribution < -0.4 is 25.9 Å². The number of fused-ring (bicyclic) bond motifs is 1. The van der Waals surface area contributed by atoms with Crippen molar-refractivity contribution >= 4 is 22.6 Å². The lowest BCUT2D eigenvalue weighted by atomic mass is 10.1. The fraction of sp³-hybridized carbons (Fsp3) is 0.160. The van der Waals surface area contributed by atoms with Crippen molar-refractivity contribution in [3.63, 3.8) is 0 Å². The fourth-order valence-corrected chi connectivity index (χ4v) is 3.67. The number of amides is 1. The molecule has 0 aliphatic heterocycles. The van der Waals surface area contributed by atoms with Crippen molar-refractivity contribution in [2.45, 2.75) is 6.18 Å². The lowest BCUT2D eigenvalue weighted by Crippen LogP contribution is -2.39. The van der Waals surface area contributed by atoms with Crippen LogP contribution in [0.4, 0.5) is 18.9 Å². The third kappa shape index (κ3) is 4.54. The minimum atomic E-state index is -4.75. The Kier molecular flexibility index (Phi) is 6.32. The fourth-order valence-electron chi connectivity index (χ4n) is 3.67. The second-order valence-electron chi connectivity index (χ2n) is 7.84. The van der Waals surface area contributed by atoms with Crippen molar-refractivity contribution in [2.75, 3.05) is 12.4 Å². The van der Waals surface area contributed by atoms with Crippen molar-refractivity contribution < 1.29 is 27.4 Å². The molecule has 1 amide bonds. The number of ether oxygens (including phenoxy) is 2. The molecule has 0 radical (unpaired) electrons. The monoisotopic (exact) mass is 499 g/mol. The van der Waals surface area contributed by atoms with Crippen molar-refractivity contribution in [3.05, 3.63) is 92.5 Å². The van der Waals surface area contributed by atoms with E-state index in [2.05, 4.69) is 5.32 Å². The van der Waals surface area contributed by atoms with E-state index < -0.39 is 34.3 Å². The van der Waals surface area contributed by atoms with Gasteiger partial charge in [0.1, 0.15) is 11.5 Å². The molecule has 1 aromatic heterocycles. The van der Waals surface area contributed by atoms with Crippen LogP contribution >= 0.6 is 0 Å². The first-order valence-corrected chi connectivity index (χ1v) is 10.5. The molecule has 186 valence electrons. The number of carbonyl (C=O) groups is 1. The van der Waals surface area contributed by atoms with Crippen molar-refractivity contribution in [3.8, 4) is 17.2 Å². The number of nitrogens with one attached hydrogen (secondary N) is 1. The molecule has 0 aliphatic rings. The highest BCUT2D eigenvalue weighted by Crippen LogP contribution is 2.36. The minimum Gasteiger partial charge on any atom is -0.497 e. The van der Waals surface area contributed by atoms with Crippen LogP contribution in [0, 0.1) is 0 Å². The summed E-state index contributed by atoms with van der Waals surface area (Å²) in [4.78, 5) is 37.6. The molecule has 3 aromatic carbocycles. The first-order chi connectivity index (χ1) is 17.0. The van der Waals surface area contributed by atoms with Gasteiger partial charge in [0.15, 0.2) is 5.75 Å². The Hall–Kier alpha value is -4.54. The van der Waals surface area contributed by atoms with Crippen LogP contribution in [-0.4, -0.2) is 22.2 Å². The molecule has 11 heteroatoms. The van der Waals surface area contributed by atoms with E-state index in [0.717, 1.165) is 21.3 Å². The number of nitrogens with zero attached hydrogens (tertiary/aromatic N) is 2. The van der Waals surface area contributed by atoms with E-state index in [9.17, 15) is 27.6 Å². The number of carbonyl (C=O) groups excluding carboxylic acids is 1. The van der Waals surface area contributed by atoms with Gasteiger partial charge >= 0.3 is 17.3 Å². The summed E-state index contributed by atoms with van der Waals surface area (Å²) < 4.78 is 53.7. The quantitative estimate of drug-likeness (QED) is 0.414. The molecule has 0 saturated heterocycles. The maximum atomic E-state index is 13.5. The molecule has 8 nitrogen and oxygen atoms in total. The van der Waals surface area contributed by atoms with Gasteiger partial charge < -0.3 is 23.9 Å². The molecular weight excluding hydrogens is 479 g/mol. The summed E-state index contributed by atoms with van der Waals surface area (Å²) >= 11 is 0. The summed E-state index contributed by atoms with van der Waals surface area (Å²) in [5.74, 6) is -0.0949. The van der Waals surface area contributed by atoms with Gasteiger partial charge in [-0.3, -0.25) is 14.4 Å². The Morgan fingerprint density at radius 1 is 0.861 bits per heavy atom. The van der Waals surface area contributed by atoms with Crippen LogP contribution in [0.15, 0.2) is 70.3 Å². The SMILES string of the molecule is COc1ccc(Oc2cc3c(cc2NC(=O)c2ccccc2C(F)(F)F)n(C)c(=O)c(=O)n3C)cc1. The van der Waals surface area contributed by atoms with Crippen LogP contribution in [0.3, 0.4) is 0 Å². The van der Waals surface area contributed by atoms with Gasteiger partial charge in [0.2, 0.25) is 0 Å². The summed E-state index contributed by atoms with van der Waals surface area (Å²) in [5, 5.41) is 2.46. The summed E-state index contributed by atoms with van der Waals surface area (Å²) in [6, 6.07) is 13.6. The predicted octanol–water partition coefficient (Wildman–Crippen LogP) is 4.31. The van der Waals surface area contributed by atoms with Gasteiger partial charge in [-0.1, -0.05) is 12.1 Å². The van der Waals surface area contributed by atoms with Crippen molar-refractivity contribution in [2.24, 2.45) is 14.1 Å². The van der Waals surface area contributed by atoms with Gasteiger partial charge in [-0.15, -0.1) is 0 Å². The van der Waals surface area contributed by atoms with Gasteiger partial charge in [0.05, 0.1) is 35.0 Å². The smallest absolute Gasteiger partial charge is 0.417 e. The van der Waals surface area contributed by atoms with Crippen molar-refractivity contribution in [1.82, 2.24) is 9.13 Å². The van der Waals surface area contributed by atoms with Gasteiger partial charge in [-0.2, -0.15) is 13.2 Å². The van der Waals surface area contributed by atoms with Gasteiger partial charge in [0, 0.05) is 20.2 Å². The zero-order valence-corrected chi connectivity index (χ0v) is 19.3. The molecule has 0 atom stereocenters. The highest BCUT2D eigenvalue weighted by atomic mass is 19.4. The zero-order chi connectivity index (χ0) is 26.2. The summed E-state index contributed by atoms with van der Waals surface area (Å²) in [5.41, 5.74) is -2.73. The molecular formula is C25H20F3N3O5. The van der Waals surface area contributed by atoms with E-state index in [1.165, 1.54) is 45.5 Å². The molecule has 0 spiro atoms. The predicted molar refractivity (Wildman–Crippen MR) is 127 cm³/mol. The Morgan fingerprint density at radius 3 is 2.00 bits per heavy atom. The molecule has 0 saturated carbocycles. The topological polar surface area (TPSA) is 91.6 Å². The lowest BCUT2D eigenvalue weighted by molar-refractivity contribution is -0.137. The molecule has 0 fully saturated rings. The number of halogens is 3. The maximum absolute atomic E-state index is 13.5. The largest absolute Gasteiger partial charge is 0.497 e. The lowest BCUT2D eigenvalue weighted by Gasteiger charge is -2.17. The maximum Gasteiger partial charge on any atom is 0.417 e. The van der Waals surface area contributed by atoms with E-state index in [4.69, 9.17) is 9.47 Å². The van der Waals surface area contributed by atoms with E-state index >= 15 is 0 Å². The Bertz CT molecular complexity index is 1590. The molecule has 1 N–H and O–H groups in total. The third-order valence-electron chi connectivity index (χ3n) is 5.60. The number of anilines is 1. The van der Waals surface area contributed by atoms with E-state index in [0.29, 0.717) is 17.0 Å². The van der Waals surface area contributed by atoms with Crippen LogP contribution in [-0.2, 0) is 20.3 Å². The highest BCUT2D eigenvalue weighted by Gasteiger charge is 2.35. The number of methoxy groups -OCH3 is 1. The minimum absolute atomic E-state index is 0.00561. The molecule has 0 bridgehead atoms. The van der Waals surface area contributed by atoms with E-state index in [-0.39, 0.29) is 17.0 Å². The molecule has 1 heterocycles. The molecule has 0 unspecified atom stereocenters. The average Bonchev–Trinajstić information content (AvgIpc) is 2.86. The van der Waals surface area contributed by atoms with Gasteiger partial charge in [0.25, 0.3) is 5.91 Å². The number of hydrogen-bond donors (Lipinski definition) is 1. The average molecular weight is 499 g/mol. The number of aromatic nitrogens is 2. The third-order valence-corrected chi connectivity index (χ3v) is 5.60. The van der Waals surface area contributed by atoms with Crippen LogP contribution in [0.25, 0.3) is 11.0 Å². The number of aryl methyl sites for hydroxylation is 2. The second-order valence-corrected chi connectivity index (χ2v) is 7.84. The second kappa shape index (κ2) is 9.25. The van der Waals surface area contributed by atoms with Gasteiger partial charge in [-0.25, -0.2) is 0 Å². The van der Waals surface area contributed by atoms with E-state index in [1.807, 2.05) is 0 Å². The Balaban J connectivity index is 1.87. The Labute approximate surface area is 202 Å². The first kappa shape index (κ1) is 24.6.